The zero-order valence-corrected chi connectivity index (χ0v) is 22.1. The largest absolute Gasteiger partial charge is 0.495 e. The van der Waals surface area contributed by atoms with Crippen LogP contribution in [0.4, 0.5) is 0 Å². The number of aromatic nitrogens is 3. The van der Waals surface area contributed by atoms with Crippen LogP contribution in [-0.4, -0.2) is 59.1 Å². The van der Waals surface area contributed by atoms with E-state index in [1.807, 2.05) is 26.0 Å². The molecule has 0 radical (unpaired) electrons. The maximum Gasteiger partial charge on any atom is 0.141 e. The Bertz CT molecular complexity index is 1340. The summed E-state index contributed by atoms with van der Waals surface area (Å²) in [6.45, 7) is 10.6. The highest BCUT2D eigenvalue weighted by Crippen LogP contribution is 2.31. The first kappa shape index (κ1) is 24.8. The number of halogens is 1. The average molecular weight is 509 g/mol. The zero-order chi connectivity index (χ0) is 25.2. The third-order valence-corrected chi connectivity index (χ3v) is 7.41. The molecule has 3 heterocycles. The van der Waals surface area contributed by atoms with Crippen LogP contribution in [0.5, 0.6) is 5.75 Å². The summed E-state index contributed by atoms with van der Waals surface area (Å²) >= 11 is 6.38. The highest BCUT2D eigenvalue weighted by molar-refractivity contribution is 6.32. The normalized spacial score (nSPS) is 15.5. The molecule has 1 aliphatic heterocycles. The van der Waals surface area contributed by atoms with Gasteiger partial charge in [-0.05, 0) is 62.6 Å². The number of morpholine rings is 1. The lowest BCUT2D eigenvalue weighted by atomic mass is 10.0. The van der Waals surface area contributed by atoms with Crippen LogP contribution in [0, 0.1) is 13.8 Å². The number of hydrogen-bond acceptors (Lipinski definition) is 6. The fourth-order valence-corrected chi connectivity index (χ4v) is 5.42. The Morgan fingerprint density at radius 3 is 2.58 bits per heavy atom. The molecule has 190 valence electrons. The molecule has 1 saturated heterocycles. The number of ether oxygens (including phenoxy) is 2. The molecule has 2 aromatic heterocycles. The van der Waals surface area contributed by atoms with Crippen molar-refractivity contribution in [3.63, 3.8) is 0 Å². The quantitative estimate of drug-likeness (QED) is 0.314. The number of hydrogen-bond donors (Lipinski definition) is 0. The number of aryl methyl sites for hydroxylation is 4. The summed E-state index contributed by atoms with van der Waals surface area (Å²) in [7, 11) is 1.63. The Labute approximate surface area is 216 Å². The molecule has 36 heavy (non-hydrogen) atoms. The van der Waals surface area contributed by atoms with Gasteiger partial charge in [0.25, 0.3) is 0 Å². The minimum absolute atomic E-state index is 0.378. The molecular weight excluding hydrogens is 476 g/mol. The van der Waals surface area contributed by atoms with Crippen LogP contribution >= 0.6 is 11.6 Å². The van der Waals surface area contributed by atoms with Crippen molar-refractivity contribution in [1.82, 2.24) is 19.6 Å². The van der Waals surface area contributed by atoms with Crippen molar-refractivity contribution in [1.29, 1.82) is 0 Å². The second-order valence-corrected chi connectivity index (χ2v) is 9.91. The van der Waals surface area contributed by atoms with Gasteiger partial charge in [0.1, 0.15) is 17.3 Å². The third kappa shape index (κ3) is 5.01. The SMILES string of the molecule is COc1ccc(CCc2nc3cc(-c4c(C)noc4C)ccc3n2CC(C)N2CCOCC2)cc1Cl. The number of methoxy groups -OCH3 is 1. The first-order valence-electron chi connectivity index (χ1n) is 12.5. The fraction of sp³-hybridized carbons (Fsp3) is 0.429. The van der Waals surface area contributed by atoms with Crippen LogP contribution < -0.4 is 4.74 Å². The van der Waals surface area contributed by atoms with Gasteiger partial charge in [0.2, 0.25) is 0 Å². The molecule has 0 N–H and O–H groups in total. The molecule has 1 atom stereocenters. The lowest BCUT2D eigenvalue weighted by Gasteiger charge is -2.32. The van der Waals surface area contributed by atoms with E-state index in [1.165, 1.54) is 0 Å². The number of fused-ring (bicyclic) bond motifs is 1. The third-order valence-electron chi connectivity index (χ3n) is 7.12. The van der Waals surface area contributed by atoms with Crippen LogP contribution in [0.25, 0.3) is 22.2 Å². The molecule has 4 aromatic rings. The Morgan fingerprint density at radius 1 is 1.08 bits per heavy atom. The maximum absolute atomic E-state index is 6.38. The van der Waals surface area contributed by atoms with Gasteiger partial charge in [-0.15, -0.1) is 0 Å². The van der Waals surface area contributed by atoms with E-state index in [1.54, 1.807) is 7.11 Å². The minimum Gasteiger partial charge on any atom is -0.495 e. The summed E-state index contributed by atoms with van der Waals surface area (Å²) in [6.07, 6.45) is 1.66. The van der Waals surface area contributed by atoms with Crippen molar-refractivity contribution in [2.24, 2.45) is 0 Å². The first-order chi connectivity index (χ1) is 17.4. The van der Waals surface area contributed by atoms with E-state index < -0.39 is 0 Å². The predicted octanol–water partition coefficient (Wildman–Crippen LogP) is 5.48. The van der Waals surface area contributed by atoms with Crippen molar-refractivity contribution >= 4 is 22.6 Å². The van der Waals surface area contributed by atoms with E-state index in [9.17, 15) is 0 Å². The molecule has 0 amide bonds. The summed E-state index contributed by atoms with van der Waals surface area (Å²) < 4.78 is 18.7. The van der Waals surface area contributed by atoms with E-state index in [0.29, 0.717) is 16.8 Å². The second-order valence-electron chi connectivity index (χ2n) is 9.51. The number of rotatable bonds is 8. The van der Waals surface area contributed by atoms with Gasteiger partial charge in [0, 0.05) is 37.7 Å². The Morgan fingerprint density at radius 2 is 1.89 bits per heavy atom. The topological polar surface area (TPSA) is 65.6 Å². The van der Waals surface area contributed by atoms with E-state index >= 15 is 0 Å². The van der Waals surface area contributed by atoms with Gasteiger partial charge in [0.05, 0.1) is 42.1 Å². The highest BCUT2D eigenvalue weighted by atomic mass is 35.5. The Balaban J connectivity index is 1.48. The molecule has 0 aliphatic carbocycles. The van der Waals surface area contributed by atoms with Gasteiger partial charge >= 0.3 is 0 Å². The number of benzene rings is 2. The zero-order valence-electron chi connectivity index (χ0n) is 21.4. The van der Waals surface area contributed by atoms with E-state index in [4.69, 9.17) is 30.6 Å². The summed E-state index contributed by atoms with van der Waals surface area (Å²) in [5.74, 6) is 2.59. The first-order valence-corrected chi connectivity index (χ1v) is 12.9. The van der Waals surface area contributed by atoms with Crippen molar-refractivity contribution in [3.8, 4) is 16.9 Å². The second kappa shape index (κ2) is 10.6. The van der Waals surface area contributed by atoms with Crippen LogP contribution in [0.2, 0.25) is 5.02 Å². The Hall–Kier alpha value is -2.87. The molecule has 0 bridgehead atoms. The van der Waals surface area contributed by atoms with Gasteiger partial charge in [-0.3, -0.25) is 4.90 Å². The van der Waals surface area contributed by atoms with Crippen LogP contribution in [-0.2, 0) is 24.1 Å². The minimum atomic E-state index is 0.378. The van der Waals surface area contributed by atoms with Crippen molar-refractivity contribution < 1.29 is 14.0 Å². The van der Waals surface area contributed by atoms with Gasteiger partial charge < -0.3 is 18.6 Å². The molecule has 2 aromatic carbocycles. The molecule has 1 unspecified atom stereocenters. The average Bonchev–Trinajstić information content (AvgIpc) is 3.41. The van der Waals surface area contributed by atoms with Gasteiger partial charge in [-0.1, -0.05) is 28.9 Å². The van der Waals surface area contributed by atoms with Crippen molar-refractivity contribution in [2.45, 2.75) is 46.2 Å². The van der Waals surface area contributed by atoms with Crippen molar-refractivity contribution in [3.05, 3.63) is 64.3 Å². The monoisotopic (exact) mass is 508 g/mol. The van der Waals surface area contributed by atoms with Gasteiger partial charge in [-0.2, -0.15) is 0 Å². The molecule has 0 saturated carbocycles. The maximum atomic E-state index is 6.38. The van der Waals surface area contributed by atoms with E-state index in [0.717, 1.165) is 90.7 Å². The van der Waals surface area contributed by atoms with Crippen molar-refractivity contribution in [2.75, 3.05) is 33.4 Å². The molecule has 5 rings (SSSR count). The highest BCUT2D eigenvalue weighted by Gasteiger charge is 2.21. The summed E-state index contributed by atoms with van der Waals surface area (Å²) in [4.78, 5) is 7.62. The predicted molar refractivity (Wildman–Crippen MR) is 142 cm³/mol. The number of nitrogens with zero attached hydrogens (tertiary/aromatic N) is 4. The van der Waals surface area contributed by atoms with E-state index in [2.05, 4.69) is 45.8 Å². The molecule has 1 aliphatic rings. The van der Waals surface area contributed by atoms with E-state index in [-0.39, 0.29) is 0 Å². The summed E-state index contributed by atoms with van der Waals surface area (Å²) in [5.41, 5.74) is 6.32. The van der Waals surface area contributed by atoms with Gasteiger partial charge in [0.15, 0.2) is 0 Å². The lowest BCUT2D eigenvalue weighted by molar-refractivity contribution is 0.0170. The van der Waals surface area contributed by atoms with Gasteiger partial charge in [-0.25, -0.2) is 4.98 Å². The standard InChI is InChI=1S/C28H33ClN4O3/c1-18(32-11-13-35-14-12-32)17-33-25-8-7-22(28-19(2)31-36-20(28)3)16-24(25)30-27(33)10-6-21-5-9-26(34-4)23(29)15-21/h5,7-9,15-16,18H,6,10-14,17H2,1-4H3. The van der Waals surface area contributed by atoms with Crippen LogP contribution in [0.3, 0.4) is 0 Å². The molecule has 1 fully saturated rings. The summed E-state index contributed by atoms with van der Waals surface area (Å²) in [5, 5.41) is 4.77. The smallest absolute Gasteiger partial charge is 0.141 e. The fourth-order valence-electron chi connectivity index (χ4n) is 5.14. The number of imidazole rings is 1. The van der Waals surface area contributed by atoms with Crippen LogP contribution in [0.1, 0.15) is 29.8 Å². The Kier molecular flexibility index (Phi) is 7.32. The molecule has 0 spiro atoms. The lowest BCUT2D eigenvalue weighted by Crippen LogP contribution is -2.44. The molecule has 7 nitrogen and oxygen atoms in total. The summed E-state index contributed by atoms with van der Waals surface area (Å²) in [6, 6.07) is 12.9. The molecular formula is C28H33ClN4O3. The molecule has 8 heteroatoms. The van der Waals surface area contributed by atoms with Crippen LogP contribution in [0.15, 0.2) is 40.9 Å².